The number of anilines is 1. The van der Waals surface area contributed by atoms with Crippen molar-refractivity contribution in [3.8, 4) is 17.1 Å². The highest BCUT2D eigenvalue weighted by Crippen LogP contribution is 2.39. The van der Waals surface area contributed by atoms with Crippen LogP contribution in [0.25, 0.3) is 32.1 Å². The highest BCUT2D eigenvalue weighted by atomic mass is 32.1. The zero-order valence-electron chi connectivity index (χ0n) is 20.4. The van der Waals surface area contributed by atoms with Crippen molar-refractivity contribution in [3.63, 3.8) is 0 Å². The SMILES string of the molecule is C=CC(=O)NCCNc1nc(OC[C@@H]2CCCN2C)nc2c(F)c(-c3cccc4ccsc34)c(F)cc12. The number of fused-ring (bicyclic) bond motifs is 2. The third kappa shape index (κ3) is 5.12. The first-order chi connectivity index (χ1) is 18.0. The Morgan fingerprint density at radius 2 is 2.16 bits per heavy atom. The monoisotopic (exact) mass is 523 g/mol. The van der Waals surface area contributed by atoms with Gasteiger partial charge in [0.1, 0.15) is 23.8 Å². The van der Waals surface area contributed by atoms with Gasteiger partial charge < -0.3 is 20.3 Å². The minimum absolute atomic E-state index is 0.0104. The Hall–Kier alpha value is -3.63. The number of aromatic nitrogens is 2. The molecule has 5 rings (SSSR count). The van der Waals surface area contributed by atoms with Crippen molar-refractivity contribution in [1.82, 2.24) is 20.2 Å². The molecule has 4 aromatic rings. The van der Waals surface area contributed by atoms with Crippen LogP contribution in [0.3, 0.4) is 0 Å². The second kappa shape index (κ2) is 10.8. The Morgan fingerprint density at radius 1 is 1.30 bits per heavy atom. The Bertz CT molecular complexity index is 1470. The molecule has 3 heterocycles. The Labute approximate surface area is 217 Å². The fourth-order valence-electron chi connectivity index (χ4n) is 4.61. The molecule has 37 heavy (non-hydrogen) atoms. The van der Waals surface area contributed by atoms with Crippen LogP contribution in [-0.2, 0) is 4.79 Å². The predicted octanol–water partition coefficient (Wildman–Crippen LogP) is 4.98. The summed E-state index contributed by atoms with van der Waals surface area (Å²) in [4.78, 5) is 22.5. The highest BCUT2D eigenvalue weighted by Gasteiger charge is 2.24. The molecular weight excluding hydrogens is 496 g/mol. The molecule has 0 saturated carbocycles. The summed E-state index contributed by atoms with van der Waals surface area (Å²) in [5.41, 5.74) is 0.303. The molecule has 2 aromatic carbocycles. The lowest BCUT2D eigenvalue weighted by Gasteiger charge is -2.19. The van der Waals surface area contributed by atoms with E-state index in [-0.39, 0.29) is 53.3 Å². The first kappa shape index (κ1) is 25.0. The molecule has 0 radical (unpaired) electrons. The number of rotatable bonds is 9. The van der Waals surface area contributed by atoms with E-state index >= 15 is 8.78 Å². The second-order valence-electron chi connectivity index (χ2n) is 8.95. The number of nitrogens with one attached hydrogen (secondary N) is 2. The number of ether oxygens (including phenoxy) is 1. The molecule has 0 spiro atoms. The number of thiophene rings is 1. The fourth-order valence-corrected chi connectivity index (χ4v) is 5.53. The number of benzene rings is 2. The van der Waals surface area contributed by atoms with Crippen LogP contribution in [0.4, 0.5) is 14.6 Å². The van der Waals surface area contributed by atoms with Gasteiger partial charge in [0.05, 0.1) is 5.56 Å². The van der Waals surface area contributed by atoms with Crippen LogP contribution in [0.2, 0.25) is 0 Å². The number of carbonyl (C=O) groups is 1. The summed E-state index contributed by atoms with van der Waals surface area (Å²) in [5, 5.41) is 8.72. The van der Waals surface area contributed by atoms with E-state index in [9.17, 15) is 4.79 Å². The van der Waals surface area contributed by atoms with Gasteiger partial charge >= 0.3 is 6.01 Å². The summed E-state index contributed by atoms with van der Waals surface area (Å²) in [6, 6.07) is 8.80. The summed E-state index contributed by atoms with van der Waals surface area (Å²) in [6.07, 6.45) is 3.25. The molecular formula is C27H27F2N5O2S. The standard InChI is InChI=1S/C27H27F2N5O2S/c1-3-21(35)30-10-11-31-26-19-14-20(28)22(18-8-4-6-16-9-13-37-25(16)18)23(29)24(19)32-27(33-26)36-15-17-7-5-12-34(17)2/h3-4,6,8-9,13-14,17H,1,5,7,10-12,15H2,2H3,(H,30,35)(H,31,32,33)/t17-/m0/s1. The molecule has 0 aliphatic carbocycles. The third-order valence-corrected chi connectivity index (χ3v) is 7.55. The molecule has 1 saturated heterocycles. The van der Waals surface area contributed by atoms with Crippen molar-refractivity contribution in [3.05, 3.63) is 60.0 Å². The van der Waals surface area contributed by atoms with E-state index < -0.39 is 11.6 Å². The number of hydrogen-bond donors (Lipinski definition) is 2. The van der Waals surface area contributed by atoms with E-state index in [2.05, 4.69) is 32.1 Å². The number of likely N-dealkylation sites (N-methyl/N-ethyl adjacent to an activating group) is 1. The van der Waals surface area contributed by atoms with Crippen LogP contribution in [0.5, 0.6) is 6.01 Å². The molecule has 1 atom stereocenters. The normalized spacial score (nSPS) is 15.8. The maximum atomic E-state index is 16.1. The molecule has 1 fully saturated rings. The van der Waals surface area contributed by atoms with Crippen LogP contribution in [0.1, 0.15) is 12.8 Å². The van der Waals surface area contributed by atoms with E-state index in [0.29, 0.717) is 12.2 Å². The van der Waals surface area contributed by atoms with Gasteiger partial charge in [0, 0.05) is 34.8 Å². The number of amides is 1. The molecule has 7 nitrogen and oxygen atoms in total. The Morgan fingerprint density at radius 3 is 2.95 bits per heavy atom. The van der Waals surface area contributed by atoms with E-state index in [1.54, 1.807) is 12.1 Å². The quantitative estimate of drug-likeness (QED) is 0.238. The van der Waals surface area contributed by atoms with Crippen molar-refractivity contribution in [2.75, 3.05) is 38.6 Å². The van der Waals surface area contributed by atoms with Crippen LogP contribution >= 0.6 is 11.3 Å². The summed E-state index contributed by atoms with van der Waals surface area (Å²) in [7, 11) is 2.03. The van der Waals surface area contributed by atoms with Crippen LogP contribution < -0.4 is 15.4 Å². The van der Waals surface area contributed by atoms with Crippen molar-refractivity contribution in [1.29, 1.82) is 0 Å². The van der Waals surface area contributed by atoms with Gasteiger partial charge in [-0.1, -0.05) is 24.8 Å². The maximum Gasteiger partial charge on any atom is 0.319 e. The van der Waals surface area contributed by atoms with Gasteiger partial charge in [0.25, 0.3) is 0 Å². The fraction of sp³-hybridized carbons (Fsp3) is 0.296. The van der Waals surface area contributed by atoms with E-state index in [0.717, 1.165) is 29.5 Å². The number of likely N-dealkylation sites (tertiary alicyclic amines) is 1. The number of halogens is 2. The van der Waals surface area contributed by atoms with Gasteiger partial charge in [0.2, 0.25) is 5.91 Å². The van der Waals surface area contributed by atoms with Crippen molar-refractivity contribution in [2.45, 2.75) is 18.9 Å². The van der Waals surface area contributed by atoms with Gasteiger partial charge in [0.15, 0.2) is 5.82 Å². The number of hydrogen-bond acceptors (Lipinski definition) is 7. The average molecular weight is 524 g/mol. The largest absolute Gasteiger partial charge is 0.462 e. The van der Waals surface area contributed by atoms with E-state index in [1.807, 2.05) is 24.6 Å². The van der Waals surface area contributed by atoms with Gasteiger partial charge in [-0.05, 0) is 55.4 Å². The van der Waals surface area contributed by atoms with E-state index in [4.69, 9.17) is 4.74 Å². The number of carbonyl (C=O) groups excluding carboxylic acids is 1. The zero-order chi connectivity index (χ0) is 25.9. The molecule has 2 aromatic heterocycles. The molecule has 2 N–H and O–H groups in total. The lowest BCUT2D eigenvalue weighted by Crippen LogP contribution is -2.31. The summed E-state index contributed by atoms with van der Waals surface area (Å²) >= 11 is 1.43. The molecule has 0 bridgehead atoms. The maximum absolute atomic E-state index is 16.1. The van der Waals surface area contributed by atoms with Gasteiger partial charge in [-0.2, -0.15) is 9.97 Å². The Kier molecular flexibility index (Phi) is 7.29. The van der Waals surface area contributed by atoms with Crippen LogP contribution in [0.15, 0.2) is 48.4 Å². The molecule has 0 unspecified atom stereocenters. The summed E-state index contributed by atoms with van der Waals surface area (Å²) in [5.74, 6) is -1.57. The van der Waals surface area contributed by atoms with Gasteiger partial charge in [-0.3, -0.25) is 4.79 Å². The zero-order valence-corrected chi connectivity index (χ0v) is 21.2. The molecule has 192 valence electrons. The lowest BCUT2D eigenvalue weighted by atomic mass is 10.0. The summed E-state index contributed by atoms with van der Waals surface area (Å²) < 4.78 is 38.3. The predicted molar refractivity (Wildman–Crippen MR) is 143 cm³/mol. The van der Waals surface area contributed by atoms with Gasteiger partial charge in [-0.15, -0.1) is 11.3 Å². The third-order valence-electron chi connectivity index (χ3n) is 6.59. The molecule has 1 amide bonds. The smallest absolute Gasteiger partial charge is 0.319 e. The topological polar surface area (TPSA) is 79.4 Å². The first-order valence-corrected chi connectivity index (χ1v) is 13.0. The lowest BCUT2D eigenvalue weighted by molar-refractivity contribution is -0.116. The molecule has 10 heteroatoms. The summed E-state index contributed by atoms with van der Waals surface area (Å²) in [6.45, 7) is 5.31. The molecule has 1 aliphatic heterocycles. The second-order valence-corrected chi connectivity index (χ2v) is 9.87. The highest BCUT2D eigenvalue weighted by molar-refractivity contribution is 7.17. The number of nitrogens with zero attached hydrogens (tertiary/aromatic N) is 3. The molecule has 1 aliphatic rings. The van der Waals surface area contributed by atoms with Crippen LogP contribution in [-0.4, -0.2) is 60.1 Å². The van der Waals surface area contributed by atoms with Crippen LogP contribution in [0, 0.1) is 11.6 Å². The minimum Gasteiger partial charge on any atom is -0.462 e. The van der Waals surface area contributed by atoms with E-state index in [1.165, 1.54) is 23.5 Å². The van der Waals surface area contributed by atoms with Crippen molar-refractivity contribution < 1.29 is 18.3 Å². The van der Waals surface area contributed by atoms with Crippen molar-refractivity contribution >= 4 is 44.1 Å². The minimum atomic E-state index is -0.774. The van der Waals surface area contributed by atoms with Gasteiger partial charge in [-0.25, -0.2) is 8.78 Å². The Balaban J connectivity index is 1.55. The van der Waals surface area contributed by atoms with Crippen molar-refractivity contribution in [2.24, 2.45) is 0 Å². The average Bonchev–Trinajstić information content (AvgIpc) is 3.54. The first-order valence-electron chi connectivity index (χ1n) is 12.1.